The Kier molecular flexibility index (Phi) is 5.07. The molecule has 0 N–H and O–H groups in total. The summed E-state index contributed by atoms with van der Waals surface area (Å²) in [4.78, 5) is 16.9. The highest BCUT2D eigenvalue weighted by Crippen LogP contribution is 2.23. The summed E-state index contributed by atoms with van der Waals surface area (Å²) in [5, 5.41) is 0. The molecule has 0 amide bonds. The largest absolute Gasteiger partial charge is 0.290 e. The maximum atomic E-state index is 12.4. The van der Waals surface area contributed by atoms with Gasteiger partial charge in [-0.25, -0.2) is 4.57 Å². The smallest absolute Gasteiger partial charge is 0.287 e. The molecule has 1 heterocycles. The van der Waals surface area contributed by atoms with Crippen LogP contribution in [-0.2, 0) is 6.54 Å². The molecule has 0 saturated heterocycles. The molecule has 4 aromatic rings. The number of aryl methyl sites for hydroxylation is 1. The van der Waals surface area contributed by atoms with Crippen molar-refractivity contribution in [3.63, 3.8) is 0 Å². The van der Waals surface area contributed by atoms with E-state index in [4.69, 9.17) is 0 Å². The highest BCUT2D eigenvalue weighted by Gasteiger charge is 2.12. The molecule has 0 radical (unpaired) electrons. The summed E-state index contributed by atoms with van der Waals surface area (Å²) in [6.07, 6.45) is 3.62. The minimum Gasteiger partial charge on any atom is -0.290 e. The monoisotopic (exact) mass is 365 g/mol. The van der Waals surface area contributed by atoms with E-state index in [0.717, 1.165) is 22.4 Å². The van der Waals surface area contributed by atoms with E-state index in [0.29, 0.717) is 0 Å². The number of aromatic nitrogens is 2. The first-order valence-corrected chi connectivity index (χ1v) is 9.30. The molecular formula is C25H21N2O+. The summed E-state index contributed by atoms with van der Waals surface area (Å²) in [6.45, 7) is 2.29. The van der Waals surface area contributed by atoms with Crippen molar-refractivity contribution in [2.75, 3.05) is 0 Å². The fourth-order valence-electron chi connectivity index (χ4n) is 3.11. The number of carbonyl (C=O) groups is 1. The Hall–Kier alpha value is -3.59. The van der Waals surface area contributed by atoms with Crippen LogP contribution in [0, 0.1) is 6.92 Å². The quantitative estimate of drug-likeness (QED) is 0.372. The van der Waals surface area contributed by atoms with Gasteiger partial charge in [-0.3, -0.25) is 4.79 Å². The van der Waals surface area contributed by atoms with Gasteiger partial charge in [-0.15, -0.1) is 0 Å². The number of hydrogen-bond acceptors (Lipinski definition) is 2. The van der Waals surface area contributed by atoms with Crippen molar-refractivity contribution in [2.24, 2.45) is 0 Å². The molecule has 136 valence electrons. The van der Waals surface area contributed by atoms with Gasteiger partial charge in [0.2, 0.25) is 5.78 Å². The number of benzene rings is 3. The lowest BCUT2D eigenvalue weighted by Crippen LogP contribution is -2.37. The lowest BCUT2D eigenvalue weighted by Gasteiger charge is -2.03. The Morgan fingerprint density at radius 1 is 0.786 bits per heavy atom. The maximum Gasteiger partial charge on any atom is 0.287 e. The summed E-state index contributed by atoms with van der Waals surface area (Å²) in [5.41, 5.74) is 6.18. The van der Waals surface area contributed by atoms with Crippen LogP contribution in [0.1, 0.15) is 15.9 Å². The molecule has 0 aliphatic rings. The molecular weight excluding hydrogens is 344 g/mol. The van der Waals surface area contributed by atoms with Gasteiger partial charge >= 0.3 is 0 Å². The van der Waals surface area contributed by atoms with E-state index < -0.39 is 0 Å². The van der Waals surface area contributed by atoms with Crippen molar-refractivity contribution in [1.29, 1.82) is 0 Å². The molecule has 0 saturated carbocycles. The summed E-state index contributed by atoms with van der Waals surface area (Å²) >= 11 is 0. The van der Waals surface area contributed by atoms with Crippen LogP contribution in [0.3, 0.4) is 0 Å². The standard InChI is InChI=1S/C25H21N2O/c1-19-7-9-23(10-8-19)25(28)17-27-16-15-24(26-18-27)22-13-11-21(12-14-22)20-5-3-2-4-6-20/h2-16,18H,17H2,1H3/q+1. The van der Waals surface area contributed by atoms with Crippen LogP contribution in [0.15, 0.2) is 97.5 Å². The van der Waals surface area contributed by atoms with Crippen molar-refractivity contribution in [2.45, 2.75) is 13.5 Å². The van der Waals surface area contributed by atoms with E-state index in [1.807, 2.05) is 66.2 Å². The Balaban J connectivity index is 1.47. The first-order chi connectivity index (χ1) is 13.7. The van der Waals surface area contributed by atoms with E-state index >= 15 is 0 Å². The molecule has 28 heavy (non-hydrogen) atoms. The lowest BCUT2D eigenvalue weighted by atomic mass is 10.0. The molecule has 0 bridgehead atoms. The third-order valence-electron chi connectivity index (χ3n) is 4.76. The van der Waals surface area contributed by atoms with Gasteiger partial charge in [-0.2, -0.15) is 0 Å². The van der Waals surface area contributed by atoms with Crippen LogP contribution in [0.25, 0.3) is 22.4 Å². The average molecular weight is 365 g/mol. The minimum atomic E-state index is 0.0757. The molecule has 3 aromatic carbocycles. The second kappa shape index (κ2) is 7.97. The van der Waals surface area contributed by atoms with E-state index in [1.54, 1.807) is 6.33 Å². The van der Waals surface area contributed by atoms with Gasteiger partial charge in [0.25, 0.3) is 6.33 Å². The number of carbonyl (C=O) groups excluding carboxylic acids is 1. The molecule has 0 aliphatic heterocycles. The summed E-state index contributed by atoms with van der Waals surface area (Å²) in [5.74, 6) is 0.0757. The normalized spacial score (nSPS) is 10.6. The third-order valence-corrected chi connectivity index (χ3v) is 4.76. The van der Waals surface area contributed by atoms with Crippen LogP contribution in [-0.4, -0.2) is 10.8 Å². The zero-order chi connectivity index (χ0) is 19.3. The molecule has 0 fully saturated rings. The first kappa shape index (κ1) is 17.8. The van der Waals surface area contributed by atoms with Crippen LogP contribution < -0.4 is 4.57 Å². The Morgan fingerprint density at radius 3 is 2.07 bits per heavy atom. The minimum absolute atomic E-state index is 0.0757. The molecule has 3 heteroatoms. The predicted octanol–water partition coefficient (Wildman–Crippen LogP) is 4.89. The number of hydrogen-bond donors (Lipinski definition) is 0. The fraction of sp³-hybridized carbons (Fsp3) is 0.0800. The highest BCUT2D eigenvalue weighted by molar-refractivity contribution is 5.95. The lowest BCUT2D eigenvalue weighted by molar-refractivity contribution is -0.686. The molecule has 3 nitrogen and oxygen atoms in total. The molecule has 1 aromatic heterocycles. The number of rotatable bonds is 5. The second-order valence-electron chi connectivity index (χ2n) is 6.85. The summed E-state index contributed by atoms with van der Waals surface area (Å²) in [6, 6.07) is 28.3. The SMILES string of the molecule is Cc1ccc(C(=O)C[n+]2ccc(-c3ccc(-c4ccccc4)cc3)nc2)cc1. The van der Waals surface area contributed by atoms with Gasteiger partial charge in [0.05, 0.1) is 6.20 Å². The van der Waals surface area contributed by atoms with Gasteiger partial charge in [-0.05, 0) is 35.2 Å². The van der Waals surface area contributed by atoms with E-state index in [9.17, 15) is 4.79 Å². The van der Waals surface area contributed by atoms with Crippen molar-refractivity contribution >= 4 is 5.78 Å². The predicted molar refractivity (Wildman–Crippen MR) is 111 cm³/mol. The van der Waals surface area contributed by atoms with Crippen LogP contribution in [0.2, 0.25) is 0 Å². The number of nitrogens with zero attached hydrogens (tertiary/aromatic N) is 2. The van der Waals surface area contributed by atoms with E-state index in [1.165, 1.54) is 11.1 Å². The molecule has 0 spiro atoms. The molecule has 4 rings (SSSR count). The maximum absolute atomic E-state index is 12.4. The van der Waals surface area contributed by atoms with E-state index in [2.05, 4.69) is 41.4 Å². The second-order valence-corrected chi connectivity index (χ2v) is 6.85. The topological polar surface area (TPSA) is 33.8 Å². The van der Waals surface area contributed by atoms with Gasteiger partial charge in [0.1, 0.15) is 0 Å². The van der Waals surface area contributed by atoms with Crippen molar-refractivity contribution in [3.8, 4) is 22.4 Å². The van der Waals surface area contributed by atoms with Crippen molar-refractivity contribution in [1.82, 2.24) is 4.98 Å². The van der Waals surface area contributed by atoms with Crippen LogP contribution in [0.5, 0.6) is 0 Å². The average Bonchev–Trinajstić information content (AvgIpc) is 2.75. The summed E-state index contributed by atoms with van der Waals surface area (Å²) in [7, 11) is 0. The van der Waals surface area contributed by atoms with Crippen molar-refractivity contribution < 1.29 is 9.36 Å². The molecule has 0 atom stereocenters. The van der Waals surface area contributed by atoms with Gasteiger partial charge in [-0.1, -0.05) is 72.3 Å². The Labute approximate surface area is 165 Å². The van der Waals surface area contributed by atoms with Crippen LogP contribution in [0.4, 0.5) is 0 Å². The zero-order valence-corrected chi connectivity index (χ0v) is 15.7. The Bertz CT molecular complexity index is 1070. The fourth-order valence-corrected chi connectivity index (χ4v) is 3.11. The van der Waals surface area contributed by atoms with Gasteiger partial charge < -0.3 is 0 Å². The number of ketones is 1. The van der Waals surface area contributed by atoms with Crippen LogP contribution >= 0.6 is 0 Å². The first-order valence-electron chi connectivity index (χ1n) is 9.30. The number of Topliss-reactive ketones (excluding diaryl/α,β-unsaturated/α-hetero) is 1. The Morgan fingerprint density at radius 2 is 1.43 bits per heavy atom. The third kappa shape index (κ3) is 4.04. The molecule has 0 aliphatic carbocycles. The zero-order valence-electron chi connectivity index (χ0n) is 15.7. The van der Waals surface area contributed by atoms with Gasteiger partial charge in [0, 0.05) is 17.2 Å². The van der Waals surface area contributed by atoms with E-state index in [-0.39, 0.29) is 12.3 Å². The van der Waals surface area contributed by atoms with Gasteiger partial charge in [0.15, 0.2) is 12.2 Å². The molecule has 0 unspecified atom stereocenters. The summed E-state index contributed by atoms with van der Waals surface area (Å²) < 4.78 is 1.81. The highest BCUT2D eigenvalue weighted by atomic mass is 16.1. The van der Waals surface area contributed by atoms with Crippen molar-refractivity contribution in [3.05, 3.63) is 109 Å².